The number of hydrogen-bond acceptors (Lipinski definition) is 1. The normalized spacial score (nSPS) is 11.9. The number of halogens is 2. The zero-order valence-corrected chi connectivity index (χ0v) is 11.6. The number of nitrogens with one attached hydrogen (secondary N) is 1. The van der Waals surface area contributed by atoms with Crippen LogP contribution in [-0.4, -0.2) is 30.0 Å². The molecular weight excluding hydrogens is 246 g/mol. The maximum absolute atomic E-state index is 13.6. The Kier molecular flexibility index (Phi) is 4.20. The van der Waals surface area contributed by atoms with Gasteiger partial charge in [0.25, 0.3) is 0 Å². The van der Waals surface area contributed by atoms with Crippen molar-refractivity contribution in [3.63, 3.8) is 0 Å². The lowest BCUT2D eigenvalue weighted by atomic mass is 10.1. The Hall–Kier alpha value is -1.42. The molecule has 0 fully saturated rings. The van der Waals surface area contributed by atoms with E-state index in [1.165, 1.54) is 6.07 Å². The number of hydrogen-bond donors (Lipinski definition) is 1. The van der Waals surface area contributed by atoms with Gasteiger partial charge in [-0.1, -0.05) is 13.8 Å². The number of rotatable bonds is 5. The molecule has 2 rings (SSSR count). The lowest BCUT2D eigenvalue weighted by molar-refractivity contribution is 0.299. The molecule has 0 saturated heterocycles. The molecule has 0 atom stereocenters. The maximum atomic E-state index is 13.6. The van der Waals surface area contributed by atoms with Gasteiger partial charge in [0.2, 0.25) is 0 Å². The number of fused-ring (bicyclic) bond motifs is 1. The Morgan fingerprint density at radius 2 is 2.00 bits per heavy atom. The molecule has 0 spiro atoms. The van der Waals surface area contributed by atoms with E-state index in [0.29, 0.717) is 5.92 Å². The van der Waals surface area contributed by atoms with Crippen molar-refractivity contribution in [3.05, 3.63) is 35.5 Å². The Morgan fingerprint density at radius 1 is 1.26 bits per heavy atom. The number of likely N-dealkylation sites (N-methyl/N-ethyl adjacent to an activating group) is 1. The third-order valence-electron chi connectivity index (χ3n) is 3.27. The van der Waals surface area contributed by atoms with Crippen LogP contribution in [0.15, 0.2) is 18.3 Å². The Labute approximate surface area is 112 Å². The summed E-state index contributed by atoms with van der Waals surface area (Å²) in [6.45, 7) is 6.30. The smallest absolute Gasteiger partial charge is 0.182 e. The van der Waals surface area contributed by atoms with E-state index in [-0.39, 0.29) is 5.52 Å². The second-order valence-corrected chi connectivity index (χ2v) is 5.50. The first-order valence-electron chi connectivity index (χ1n) is 6.61. The van der Waals surface area contributed by atoms with Crippen LogP contribution in [-0.2, 0) is 6.42 Å². The molecule has 1 aromatic heterocycles. The molecule has 2 nitrogen and oxygen atoms in total. The minimum absolute atomic E-state index is 0.265. The molecule has 19 heavy (non-hydrogen) atoms. The summed E-state index contributed by atoms with van der Waals surface area (Å²) < 4.78 is 26.7. The van der Waals surface area contributed by atoms with E-state index in [1.54, 1.807) is 12.3 Å². The van der Waals surface area contributed by atoms with E-state index >= 15 is 0 Å². The molecule has 1 heterocycles. The molecule has 0 unspecified atom stereocenters. The molecule has 0 aliphatic heterocycles. The van der Waals surface area contributed by atoms with Crippen LogP contribution < -0.4 is 0 Å². The van der Waals surface area contributed by atoms with Crippen molar-refractivity contribution in [2.24, 2.45) is 5.92 Å². The molecule has 104 valence electrons. The second-order valence-electron chi connectivity index (χ2n) is 5.50. The second kappa shape index (κ2) is 5.70. The quantitative estimate of drug-likeness (QED) is 0.876. The van der Waals surface area contributed by atoms with E-state index in [2.05, 4.69) is 30.8 Å². The van der Waals surface area contributed by atoms with E-state index in [9.17, 15) is 8.78 Å². The van der Waals surface area contributed by atoms with Crippen molar-refractivity contribution in [1.82, 2.24) is 9.88 Å². The molecule has 4 heteroatoms. The van der Waals surface area contributed by atoms with Gasteiger partial charge in [-0.2, -0.15) is 0 Å². The molecule has 0 saturated carbocycles. The first kappa shape index (κ1) is 14.0. The minimum Gasteiger partial charge on any atom is -0.358 e. The van der Waals surface area contributed by atoms with Crippen molar-refractivity contribution < 1.29 is 8.78 Å². The summed E-state index contributed by atoms with van der Waals surface area (Å²) in [5.74, 6) is -0.975. The van der Waals surface area contributed by atoms with Gasteiger partial charge in [0, 0.05) is 24.7 Å². The molecule has 1 N–H and O–H groups in total. The number of nitrogens with zero attached hydrogens (tertiary/aromatic N) is 1. The third-order valence-corrected chi connectivity index (χ3v) is 3.27. The van der Waals surface area contributed by atoms with Crippen LogP contribution >= 0.6 is 0 Å². The summed E-state index contributed by atoms with van der Waals surface area (Å²) in [5.41, 5.74) is 1.30. The van der Waals surface area contributed by atoms with Crippen LogP contribution in [0.5, 0.6) is 0 Å². The Bertz CT molecular complexity index is 561. The van der Waals surface area contributed by atoms with Gasteiger partial charge in [0.15, 0.2) is 11.6 Å². The minimum atomic E-state index is -0.808. The van der Waals surface area contributed by atoms with Crippen LogP contribution in [0.1, 0.15) is 19.4 Å². The fourth-order valence-corrected chi connectivity index (χ4v) is 2.43. The van der Waals surface area contributed by atoms with Crippen molar-refractivity contribution in [3.8, 4) is 0 Å². The highest BCUT2D eigenvalue weighted by molar-refractivity contribution is 5.83. The lowest BCUT2D eigenvalue weighted by Gasteiger charge is -2.18. The highest BCUT2D eigenvalue weighted by Gasteiger charge is 2.12. The fraction of sp³-hybridized carbons (Fsp3) is 0.467. The first-order chi connectivity index (χ1) is 8.99. The van der Waals surface area contributed by atoms with Gasteiger partial charge in [0.05, 0.1) is 5.52 Å². The van der Waals surface area contributed by atoms with Crippen molar-refractivity contribution in [2.45, 2.75) is 20.3 Å². The number of benzene rings is 1. The van der Waals surface area contributed by atoms with Crippen LogP contribution in [0, 0.1) is 17.6 Å². The average Bonchev–Trinajstić information content (AvgIpc) is 2.74. The monoisotopic (exact) mass is 266 g/mol. The number of H-pyrrole nitrogens is 1. The molecule has 0 amide bonds. The Balaban J connectivity index is 2.12. The number of aromatic amines is 1. The van der Waals surface area contributed by atoms with Crippen LogP contribution in [0.4, 0.5) is 8.78 Å². The summed E-state index contributed by atoms with van der Waals surface area (Å²) >= 11 is 0. The van der Waals surface area contributed by atoms with E-state index in [0.717, 1.165) is 30.5 Å². The average molecular weight is 266 g/mol. The van der Waals surface area contributed by atoms with Crippen LogP contribution in [0.3, 0.4) is 0 Å². The summed E-state index contributed by atoms with van der Waals surface area (Å²) in [6.07, 6.45) is 2.60. The zero-order chi connectivity index (χ0) is 14.0. The van der Waals surface area contributed by atoms with Gasteiger partial charge in [0.1, 0.15) is 0 Å². The van der Waals surface area contributed by atoms with Gasteiger partial charge >= 0.3 is 0 Å². The molecule has 0 aliphatic carbocycles. The van der Waals surface area contributed by atoms with Gasteiger partial charge in [-0.15, -0.1) is 0 Å². The molecule has 1 aromatic carbocycles. The highest BCUT2D eigenvalue weighted by atomic mass is 19.2. The standard InChI is InChI=1S/C15H20F2N2/c1-10(2)9-19(3)7-6-11-8-18-15-12(11)4-5-13(16)14(15)17/h4-5,8,10,18H,6-7,9H2,1-3H3. The first-order valence-corrected chi connectivity index (χ1v) is 6.61. The summed E-state index contributed by atoms with van der Waals surface area (Å²) in [6, 6.07) is 2.83. The van der Waals surface area contributed by atoms with Crippen molar-refractivity contribution in [1.29, 1.82) is 0 Å². The third kappa shape index (κ3) is 3.13. The summed E-state index contributed by atoms with van der Waals surface area (Å²) in [4.78, 5) is 5.08. The maximum Gasteiger partial charge on any atom is 0.182 e. The summed E-state index contributed by atoms with van der Waals surface area (Å²) in [5, 5.41) is 0.775. The van der Waals surface area contributed by atoms with E-state index < -0.39 is 11.6 Å². The van der Waals surface area contributed by atoms with Gasteiger partial charge in [-0.3, -0.25) is 0 Å². The van der Waals surface area contributed by atoms with Crippen LogP contribution in [0.25, 0.3) is 10.9 Å². The molecule has 2 aromatic rings. The van der Waals surface area contributed by atoms with Crippen molar-refractivity contribution in [2.75, 3.05) is 20.1 Å². The van der Waals surface area contributed by atoms with Gasteiger partial charge in [-0.25, -0.2) is 8.78 Å². The molecule has 0 aliphatic rings. The van der Waals surface area contributed by atoms with E-state index in [4.69, 9.17) is 0 Å². The molecular formula is C15H20F2N2. The predicted octanol–water partition coefficient (Wildman–Crippen LogP) is 3.58. The Morgan fingerprint density at radius 3 is 2.68 bits per heavy atom. The SMILES string of the molecule is CC(C)CN(C)CCc1c[nH]c2c(F)c(F)ccc12. The molecule has 0 radical (unpaired) electrons. The summed E-state index contributed by atoms with van der Waals surface area (Å²) in [7, 11) is 2.08. The lowest BCUT2D eigenvalue weighted by Crippen LogP contribution is -2.25. The van der Waals surface area contributed by atoms with Gasteiger partial charge < -0.3 is 9.88 Å². The van der Waals surface area contributed by atoms with Gasteiger partial charge in [-0.05, 0) is 37.1 Å². The largest absolute Gasteiger partial charge is 0.358 e. The topological polar surface area (TPSA) is 19.0 Å². The predicted molar refractivity (Wildman–Crippen MR) is 74.3 cm³/mol. The number of aromatic nitrogens is 1. The van der Waals surface area contributed by atoms with E-state index in [1.807, 2.05) is 0 Å². The zero-order valence-electron chi connectivity index (χ0n) is 11.6. The highest BCUT2D eigenvalue weighted by Crippen LogP contribution is 2.23. The fourth-order valence-electron chi connectivity index (χ4n) is 2.43. The van der Waals surface area contributed by atoms with Crippen molar-refractivity contribution >= 4 is 10.9 Å². The van der Waals surface area contributed by atoms with Crippen LogP contribution in [0.2, 0.25) is 0 Å². The molecule has 0 bridgehead atoms.